The van der Waals surface area contributed by atoms with Crippen molar-refractivity contribution in [2.45, 2.75) is 59.4 Å². The van der Waals surface area contributed by atoms with Crippen LogP contribution in [-0.4, -0.2) is 17.7 Å². The standard InChI is InChI=1S/C19H31NO/c1-5-20-18-11-14(2)9-10-17(18)19(3,4)13-15-7-6-8-16(21)12-15/h6-8,12,14,17-18,20-21H,5,9-11,13H2,1-4H3. The summed E-state index contributed by atoms with van der Waals surface area (Å²) in [5.74, 6) is 1.92. The Balaban J connectivity index is 2.12. The molecule has 2 nitrogen and oxygen atoms in total. The fraction of sp³-hybridized carbons (Fsp3) is 0.684. The van der Waals surface area contributed by atoms with E-state index in [0.717, 1.165) is 18.9 Å². The average Bonchev–Trinajstić information content (AvgIpc) is 2.38. The summed E-state index contributed by atoms with van der Waals surface area (Å²) in [6, 6.07) is 8.38. The fourth-order valence-electron chi connectivity index (χ4n) is 4.13. The molecule has 0 aliphatic heterocycles. The van der Waals surface area contributed by atoms with E-state index >= 15 is 0 Å². The molecule has 21 heavy (non-hydrogen) atoms. The molecule has 0 bridgehead atoms. The van der Waals surface area contributed by atoms with Gasteiger partial charge < -0.3 is 10.4 Å². The minimum absolute atomic E-state index is 0.251. The molecule has 3 unspecified atom stereocenters. The van der Waals surface area contributed by atoms with Crippen molar-refractivity contribution in [3.05, 3.63) is 29.8 Å². The second-order valence-corrected chi connectivity index (χ2v) is 7.52. The third-order valence-corrected chi connectivity index (χ3v) is 5.15. The van der Waals surface area contributed by atoms with E-state index in [4.69, 9.17) is 0 Å². The van der Waals surface area contributed by atoms with Crippen molar-refractivity contribution in [3.8, 4) is 5.75 Å². The van der Waals surface area contributed by atoms with Crippen LogP contribution in [0.5, 0.6) is 5.75 Å². The van der Waals surface area contributed by atoms with Crippen molar-refractivity contribution in [2.75, 3.05) is 6.54 Å². The number of phenolic OH excluding ortho intramolecular Hbond substituents is 1. The summed E-state index contributed by atoms with van der Waals surface area (Å²) in [5.41, 5.74) is 1.50. The van der Waals surface area contributed by atoms with Gasteiger partial charge in [0.2, 0.25) is 0 Å². The molecular formula is C19H31NO. The van der Waals surface area contributed by atoms with Crippen LogP contribution in [0.2, 0.25) is 0 Å². The fourth-order valence-corrected chi connectivity index (χ4v) is 4.13. The lowest BCUT2D eigenvalue weighted by Gasteiger charge is -2.45. The Morgan fingerprint density at radius 1 is 1.29 bits per heavy atom. The molecular weight excluding hydrogens is 258 g/mol. The number of rotatable bonds is 5. The molecule has 118 valence electrons. The molecule has 0 radical (unpaired) electrons. The van der Waals surface area contributed by atoms with Crippen molar-refractivity contribution in [2.24, 2.45) is 17.3 Å². The Morgan fingerprint density at radius 2 is 2.05 bits per heavy atom. The van der Waals surface area contributed by atoms with E-state index in [-0.39, 0.29) is 5.41 Å². The van der Waals surface area contributed by atoms with Crippen LogP contribution in [-0.2, 0) is 6.42 Å². The summed E-state index contributed by atoms with van der Waals surface area (Å²) in [7, 11) is 0. The molecule has 1 aromatic rings. The van der Waals surface area contributed by atoms with Gasteiger partial charge in [0, 0.05) is 6.04 Å². The van der Waals surface area contributed by atoms with Crippen LogP contribution in [0.25, 0.3) is 0 Å². The summed E-state index contributed by atoms with van der Waals surface area (Å²) in [6.45, 7) is 10.4. The lowest BCUT2D eigenvalue weighted by molar-refractivity contribution is 0.0949. The van der Waals surface area contributed by atoms with Crippen molar-refractivity contribution < 1.29 is 5.11 Å². The third kappa shape index (κ3) is 4.23. The molecule has 0 amide bonds. The molecule has 1 aromatic carbocycles. The molecule has 1 aliphatic carbocycles. The maximum atomic E-state index is 9.68. The van der Waals surface area contributed by atoms with Gasteiger partial charge in [0.05, 0.1) is 0 Å². The molecule has 3 atom stereocenters. The number of aromatic hydroxyl groups is 1. The normalized spacial score (nSPS) is 26.8. The topological polar surface area (TPSA) is 32.3 Å². The Bertz CT molecular complexity index is 455. The number of hydrogen-bond donors (Lipinski definition) is 2. The second kappa shape index (κ2) is 6.83. The lowest BCUT2D eigenvalue weighted by Crippen LogP contribution is -2.47. The van der Waals surface area contributed by atoms with Gasteiger partial charge in [-0.2, -0.15) is 0 Å². The Hall–Kier alpha value is -1.02. The van der Waals surface area contributed by atoms with Crippen LogP contribution in [0.3, 0.4) is 0 Å². The van der Waals surface area contributed by atoms with E-state index in [1.165, 1.54) is 24.8 Å². The minimum atomic E-state index is 0.251. The predicted octanol–water partition coefficient (Wildman–Crippen LogP) is 4.38. The lowest BCUT2D eigenvalue weighted by atomic mass is 9.64. The maximum absolute atomic E-state index is 9.68. The number of benzene rings is 1. The molecule has 2 N–H and O–H groups in total. The molecule has 2 heteroatoms. The highest BCUT2D eigenvalue weighted by Crippen LogP contribution is 2.42. The zero-order chi connectivity index (χ0) is 15.5. The molecule has 0 saturated heterocycles. The van der Waals surface area contributed by atoms with Gasteiger partial charge in [-0.05, 0) is 60.8 Å². The second-order valence-electron chi connectivity index (χ2n) is 7.52. The van der Waals surface area contributed by atoms with E-state index in [0.29, 0.717) is 17.7 Å². The molecule has 2 rings (SSSR count). The van der Waals surface area contributed by atoms with Crippen LogP contribution in [0.15, 0.2) is 24.3 Å². The zero-order valence-corrected chi connectivity index (χ0v) is 14.0. The van der Waals surface area contributed by atoms with Gasteiger partial charge in [-0.15, -0.1) is 0 Å². The first-order valence-corrected chi connectivity index (χ1v) is 8.43. The van der Waals surface area contributed by atoms with Crippen LogP contribution < -0.4 is 5.32 Å². The number of phenols is 1. The summed E-state index contributed by atoms with van der Waals surface area (Å²) in [5, 5.41) is 13.4. The Labute approximate surface area is 130 Å². The Morgan fingerprint density at radius 3 is 2.71 bits per heavy atom. The first kappa shape index (κ1) is 16.4. The van der Waals surface area contributed by atoms with Gasteiger partial charge in [0.15, 0.2) is 0 Å². The van der Waals surface area contributed by atoms with Gasteiger partial charge in [-0.3, -0.25) is 0 Å². The molecule has 1 fully saturated rings. The monoisotopic (exact) mass is 289 g/mol. The maximum Gasteiger partial charge on any atom is 0.115 e. The highest BCUT2D eigenvalue weighted by atomic mass is 16.3. The Kier molecular flexibility index (Phi) is 5.32. The highest BCUT2D eigenvalue weighted by Gasteiger charge is 2.38. The van der Waals surface area contributed by atoms with E-state index in [2.05, 4.69) is 39.1 Å². The smallest absolute Gasteiger partial charge is 0.115 e. The van der Waals surface area contributed by atoms with Crippen molar-refractivity contribution in [1.29, 1.82) is 0 Å². The van der Waals surface area contributed by atoms with Crippen LogP contribution in [0, 0.1) is 17.3 Å². The minimum Gasteiger partial charge on any atom is -0.508 e. The SMILES string of the molecule is CCNC1CC(C)CCC1C(C)(C)Cc1cccc(O)c1. The largest absolute Gasteiger partial charge is 0.508 e. The van der Waals surface area contributed by atoms with E-state index in [9.17, 15) is 5.11 Å². The predicted molar refractivity (Wildman–Crippen MR) is 89.6 cm³/mol. The van der Waals surface area contributed by atoms with E-state index < -0.39 is 0 Å². The summed E-state index contributed by atoms with van der Waals surface area (Å²) < 4.78 is 0. The van der Waals surface area contributed by atoms with Crippen LogP contribution in [0.1, 0.15) is 52.5 Å². The molecule has 0 aromatic heterocycles. The average molecular weight is 289 g/mol. The summed E-state index contributed by atoms with van der Waals surface area (Å²) in [4.78, 5) is 0. The molecule has 0 spiro atoms. The van der Waals surface area contributed by atoms with E-state index in [1.54, 1.807) is 6.07 Å². The van der Waals surface area contributed by atoms with E-state index in [1.807, 2.05) is 12.1 Å². The number of nitrogens with one attached hydrogen (secondary N) is 1. The molecule has 1 aliphatic rings. The summed E-state index contributed by atoms with van der Waals surface area (Å²) in [6.07, 6.45) is 4.98. The summed E-state index contributed by atoms with van der Waals surface area (Å²) >= 11 is 0. The van der Waals surface area contributed by atoms with Gasteiger partial charge in [0.25, 0.3) is 0 Å². The van der Waals surface area contributed by atoms with Gasteiger partial charge >= 0.3 is 0 Å². The van der Waals surface area contributed by atoms with Gasteiger partial charge in [0.1, 0.15) is 5.75 Å². The zero-order valence-electron chi connectivity index (χ0n) is 14.0. The van der Waals surface area contributed by atoms with Gasteiger partial charge in [-0.25, -0.2) is 0 Å². The quantitative estimate of drug-likeness (QED) is 0.843. The first-order valence-electron chi connectivity index (χ1n) is 8.43. The van der Waals surface area contributed by atoms with Gasteiger partial charge in [-0.1, -0.05) is 46.2 Å². The molecule has 0 heterocycles. The third-order valence-electron chi connectivity index (χ3n) is 5.15. The van der Waals surface area contributed by atoms with Crippen molar-refractivity contribution in [3.63, 3.8) is 0 Å². The number of hydrogen-bond acceptors (Lipinski definition) is 2. The van der Waals surface area contributed by atoms with Crippen LogP contribution >= 0.6 is 0 Å². The highest BCUT2D eigenvalue weighted by molar-refractivity contribution is 5.28. The molecule has 1 saturated carbocycles. The van der Waals surface area contributed by atoms with Crippen molar-refractivity contribution in [1.82, 2.24) is 5.32 Å². The first-order chi connectivity index (χ1) is 9.92. The van der Waals surface area contributed by atoms with Crippen LogP contribution in [0.4, 0.5) is 0 Å². The van der Waals surface area contributed by atoms with Crippen molar-refractivity contribution >= 4 is 0 Å².